The molecule has 88 valence electrons. The third kappa shape index (κ3) is 3.15. The smallest absolute Gasteiger partial charge is 0.236 e. The quantitative estimate of drug-likeness (QED) is 0.628. The van der Waals surface area contributed by atoms with Gasteiger partial charge < -0.3 is 15.8 Å². The van der Waals surface area contributed by atoms with E-state index in [1.807, 2.05) is 0 Å². The number of carbonyl (C=O) groups is 1. The van der Waals surface area contributed by atoms with Crippen LogP contribution in [0.5, 0.6) is 0 Å². The molecule has 1 amide bonds. The first-order valence-corrected chi connectivity index (χ1v) is 5.45. The molecule has 1 aliphatic rings. The van der Waals surface area contributed by atoms with Gasteiger partial charge in [0, 0.05) is 32.8 Å². The molecule has 0 saturated carbocycles. The van der Waals surface area contributed by atoms with Gasteiger partial charge in [0.05, 0.1) is 6.61 Å². The summed E-state index contributed by atoms with van der Waals surface area (Å²) in [4.78, 5) is 13.4. The van der Waals surface area contributed by atoms with E-state index in [0.717, 1.165) is 19.5 Å². The van der Waals surface area contributed by atoms with E-state index in [1.165, 1.54) is 0 Å². The fourth-order valence-electron chi connectivity index (χ4n) is 2.06. The first-order valence-electron chi connectivity index (χ1n) is 5.45. The van der Waals surface area contributed by atoms with E-state index >= 15 is 0 Å². The number of ether oxygens (including phenoxy) is 1. The maximum atomic E-state index is 11.3. The SMILES string of the molecule is CCC(COC)N1CCNCC1C(N)=O. The highest BCUT2D eigenvalue weighted by Crippen LogP contribution is 2.11. The van der Waals surface area contributed by atoms with Crippen LogP contribution in [0.15, 0.2) is 0 Å². The van der Waals surface area contributed by atoms with Crippen LogP contribution in [-0.4, -0.2) is 56.2 Å². The average Bonchev–Trinajstić information content (AvgIpc) is 2.26. The Morgan fingerprint density at radius 2 is 2.47 bits per heavy atom. The molecular formula is C10H21N3O2. The van der Waals surface area contributed by atoms with Gasteiger partial charge in [0.25, 0.3) is 0 Å². The zero-order chi connectivity index (χ0) is 11.3. The predicted molar refractivity (Wildman–Crippen MR) is 58.5 cm³/mol. The van der Waals surface area contributed by atoms with Crippen molar-refractivity contribution in [2.24, 2.45) is 5.73 Å². The van der Waals surface area contributed by atoms with E-state index in [2.05, 4.69) is 17.1 Å². The summed E-state index contributed by atoms with van der Waals surface area (Å²) < 4.78 is 5.16. The Kier molecular flexibility index (Phi) is 5.01. The van der Waals surface area contributed by atoms with Crippen LogP contribution < -0.4 is 11.1 Å². The topological polar surface area (TPSA) is 67.6 Å². The zero-order valence-corrected chi connectivity index (χ0v) is 9.53. The number of primary amides is 1. The van der Waals surface area contributed by atoms with Gasteiger partial charge in [-0.15, -0.1) is 0 Å². The molecule has 15 heavy (non-hydrogen) atoms. The van der Waals surface area contributed by atoms with Gasteiger partial charge in [0.15, 0.2) is 0 Å². The molecule has 3 N–H and O–H groups in total. The van der Waals surface area contributed by atoms with E-state index in [1.54, 1.807) is 7.11 Å². The van der Waals surface area contributed by atoms with E-state index in [9.17, 15) is 4.79 Å². The van der Waals surface area contributed by atoms with Crippen molar-refractivity contribution < 1.29 is 9.53 Å². The summed E-state index contributed by atoms with van der Waals surface area (Å²) in [5.41, 5.74) is 5.38. The van der Waals surface area contributed by atoms with Crippen LogP contribution in [-0.2, 0) is 9.53 Å². The Balaban J connectivity index is 2.64. The molecule has 0 aromatic rings. The molecule has 2 atom stereocenters. The van der Waals surface area contributed by atoms with Gasteiger partial charge >= 0.3 is 0 Å². The number of methoxy groups -OCH3 is 1. The van der Waals surface area contributed by atoms with Crippen molar-refractivity contribution in [1.82, 2.24) is 10.2 Å². The fourth-order valence-corrected chi connectivity index (χ4v) is 2.06. The summed E-state index contributed by atoms with van der Waals surface area (Å²) in [5, 5.41) is 3.18. The summed E-state index contributed by atoms with van der Waals surface area (Å²) in [6.45, 7) is 5.17. The number of amides is 1. The van der Waals surface area contributed by atoms with E-state index in [4.69, 9.17) is 10.5 Å². The van der Waals surface area contributed by atoms with Crippen LogP contribution in [0.25, 0.3) is 0 Å². The molecule has 0 aromatic heterocycles. The third-order valence-corrected chi connectivity index (χ3v) is 2.91. The van der Waals surface area contributed by atoms with Crippen molar-refractivity contribution in [1.29, 1.82) is 0 Å². The van der Waals surface area contributed by atoms with E-state index in [-0.39, 0.29) is 18.0 Å². The minimum Gasteiger partial charge on any atom is -0.383 e. The molecular weight excluding hydrogens is 194 g/mol. The number of nitrogens with zero attached hydrogens (tertiary/aromatic N) is 1. The van der Waals surface area contributed by atoms with Gasteiger partial charge in [0.2, 0.25) is 5.91 Å². The standard InChI is InChI=1S/C10H21N3O2/c1-3-8(7-15-2)13-5-4-12-6-9(13)10(11)14/h8-9,12H,3-7H2,1-2H3,(H2,11,14). The highest BCUT2D eigenvalue weighted by Gasteiger charge is 2.31. The second-order valence-electron chi connectivity index (χ2n) is 3.88. The van der Waals surface area contributed by atoms with Crippen molar-refractivity contribution in [3.63, 3.8) is 0 Å². The van der Waals surface area contributed by atoms with Crippen LogP contribution >= 0.6 is 0 Å². The van der Waals surface area contributed by atoms with Crippen LogP contribution in [0.3, 0.4) is 0 Å². The lowest BCUT2D eigenvalue weighted by Gasteiger charge is -2.39. The summed E-state index contributed by atoms with van der Waals surface area (Å²) in [5.74, 6) is -0.253. The molecule has 1 fully saturated rings. The molecule has 1 heterocycles. The Labute approximate surface area is 90.9 Å². The predicted octanol–water partition coefficient (Wildman–Crippen LogP) is -0.829. The average molecular weight is 215 g/mol. The Bertz CT molecular complexity index is 211. The molecule has 5 heteroatoms. The molecule has 1 aliphatic heterocycles. The lowest BCUT2D eigenvalue weighted by atomic mass is 10.1. The maximum Gasteiger partial charge on any atom is 0.236 e. The Morgan fingerprint density at radius 3 is 3.00 bits per heavy atom. The Hall–Kier alpha value is -0.650. The second-order valence-corrected chi connectivity index (χ2v) is 3.88. The number of hydrogen-bond donors (Lipinski definition) is 2. The minimum atomic E-state index is -0.253. The number of carbonyl (C=O) groups excluding carboxylic acids is 1. The number of hydrogen-bond acceptors (Lipinski definition) is 4. The van der Waals surface area contributed by atoms with E-state index < -0.39 is 0 Å². The van der Waals surface area contributed by atoms with Gasteiger partial charge in [-0.05, 0) is 6.42 Å². The first kappa shape index (κ1) is 12.4. The highest BCUT2D eigenvalue weighted by molar-refractivity contribution is 5.80. The van der Waals surface area contributed by atoms with Crippen LogP contribution in [0.2, 0.25) is 0 Å². The number of piperazine rings is 1. The minimum absolute atomic E-state index is 0.196. The Morgan fingerprint density at radius 1 is 1.73 bits per heavy atom. The van der Waals surface area contributed by atoms with Gasteiger partial charge in [0.1, 0.15) is 6.04 Å². The largest absolute Gasteiger partial charge is 0.383 e. The first-order chi connectivity index (χ1) is 7.20. The number of nitrogens with two attached hydrogens (primary N) is 1. The van der Waals surface area contributed by atoms with Gasteiger partial charge in [-0.1, -0.05) is 6.92 Å². The van der Waals surface area contributed by atoms with Crippen molar-refractivity contribution >= 4 is 5.91 Å². The molecule has 0 aromatic carbocycles. The van der Waals surface area contributed by atoms with Crippen LogP contribution in [0.1, 0.15) is 13.3 Å². The van der Waals surface area contributed by atoms with Crippen LogP contribution in [0, 0.1) is 0 Å². The van der Waals surface area contributed by atoms with E-state index in [0.29, 0.717) is 13.2 Å². The molecule has 5 nitrogen and oxygen atoms in total. The van der Waals surface area contributed by atoms with Crippen molar-refractivity contribution in [2.45, 2.75) is 25.4 Å². The van der Waals surface area contributed by atoms with Crippen molar-refractivity contribution in [3.05, 3.63) is 0 Å². The molecule has 0 aliphatic carbocycles. The van der Waals surface area contributed by atoms with Crippen molar-refractivity contribution in [2.75, 3.05) is 33.4 Å². The molecule has 0 spiro atoms. The summed E-state index contributed by atoms with van der Waals surface area (Å²) in [6.07, 6.45) is 0.970. The maximum absolute atomic E-state index is 11.3. The van der Waals surface area contributed by atoms with Gasteiger partial charge in [-0.25, -0.2) is 0 Å². The lowest BCUT2D eigenvalue weighted by molar-refractivity contribution is -0.125. The summed E-state index contributed by atoms with van der Waals surface area (Å²) in [7, 11) is 1.68. The fraction of sp³-hybridized carbons (Fsp3) is 0.900. The highest BCUT2D eigenvalue weighted by atomic mass is 16.5. The normalized spacial score (nSPS) is 25.1. The molecule has 0 bridgehead atoms. The zero-order valence-electron chi connectivity index (χ0n) is 9.53. The second kappa shape index (κ2) is 6.05. The van der Waals surface area contributed by atoms with Gasteiger partial charge in [-0.3, -0.25) is 9.69 Å². The summed E-state index contributed by atoms with van der Waals surface area (Å²) in [6, 6.07) is 0.0912. The summed E-state index contributed by atoms with van der Waals surface area (Å²) >= 11 is 0. The van der Waals surface area contributed by atoms with Crippen molar-refractivity contribution in [3.8, 4) is 0 Å². The number of rotatable bonds is 5. The molecule has 1 saturated heterocycles. The molecule has 1 rings (SSSR count). The van der Waals surface area contributed by atoms with Crippen LogP contribution in [0.4, 0.5) is 0 Å². The third-order valence-electron chi connectivity index (χ3n) is 2.91. The molecule has 2 unspecified atom stereocenters. The number of nitrogens with one attached hydrogen (secondary N) is 1. The molecule has 0 radical (unpaired) electrons. The van der Waals surface area contributed by atoms with Gasteiger partial charge in [-0.2, -0.15) is 0 Å². The lowest BCUT2D eigenvalue weighted by Crippen LogP contribution is -2.60. The monoisotopic (exact) mass is 215 g/mol.